The number of amides is 3. The summed E-state index contributed by atoms with van der Waals surface area (Å²) in [5, 5.41) is 17.9. The van der Waals surface area contributed by atoms with Gasteiger partial charge in [-0.2, -0.15) is 0 Å². The lowest BCUT2D eigenvalue weighted by atomic mass is 10.3. The summed E-state index contributed by atoms with van der Waals surface area (Å²) in [6.45, 7) is 1.43. The third-order valence-corrected chi connectivity index (χ3v) is 4.37. The van der Waals surface area contributed by atoms with Crippen LogP contribution in [0.1, 0.15) is 6.92 Å². The van der Waals surface area contributed by atoms with E-state index in [1.54, 1.807) is 18.2 Å². The lowest BCUT2D eigenvalue weighted by molar-refractivity contribution is -0.114. The van der Waals surface area contributed by atoms with Gasteiger partial charge in [0.1, 0.15) is 5.75 Å². The summed E-state index contributed by atoms with van der Waals surface area (Å²) in [4.78, 5) is 27.5. The van der Waals surface area contributed by atoms with Gasteiger partial charge in [-0.05, 0) is 36.4 Å². The Balaban J connectivity index is 1.72. The maximum absolute atomic E-state index is 12.0. The first-order valence-corrected chi connectivity index (χ1v) is 8.35. The molecule has 4 N–H and O–H groups in total. The van der Waals surface area contributed by atoms with Crippen LogP contribution in [0.3, 0.4) is 0 Å². The lowest BCUT2D eigenvalue weighted by Crippen LogP contribution is -2.19. The fourth-order valence-corrected chi connectivity index (χ4v) is 3.18. The summed E-state index contributed by atoms with van der Waals surface area (Å²) in [5.74, 6) is -0.220. The molecule has 3 aromatic rings. The molecule has 25 heavy (non-hydrogen) atoms. The average Bonchev–Trinajstić information content (AvgIpc) is 2.91. The number of rotatable bonds is 3. The molecular formula is C16H13ClN4O3S. The maximum Gasteiger partial charge on any atom is 0.325 e. The minimum atomic E-state index is -0.483. The molecule has 2 aromatic carbocycles. The number of thiazole rings is 1. The van der Waals surface area contributed by atoms with Crippen molar-refractivity contribution in [2.45, 2.75) is 6.92 Å². The van der Waals surface area contributed by atoms with E-state index in [-0.39, 0.29) is 16.7 Å². The average molecular weight is 377 g/mol. The highest BCUT2D eigenvalue weighted by atomic mass is 35.5. The first kappa shape index (κ1) is 17.0. The molecule has 0 unspecified atom stereocenters. The fraction of sp³-hybridized carbons (Fsp3) is 0.0625. The van der Waals surface area contributed by atoms with E-state index in [4.69, 9.17) is 11.6 Å². The monoisotopic (exact) mass is 376 g/mol. The second-order valence-corrected chi connectivity index (χ2v) is 6.57. The van der Waals surface area contributed by atoms with Crippen molar-refractivity contribution in [3.8, 4) is 5.75 Å². The van der Waals surface area contributed by atoms with Crippen LogP contribution in [0.2, 0.25) is 5.02 Å². The molecule has 0 radical (unpaired) electrons. The number of carbonyl (C=O) groups is 2. The van der Waals surface area contributed by atoms with Gasteiger partial charge in [-0.25, -0.2) is 9.78 Å². The van der Waals surface area contributed by atoms with Crippen LogP contribution in [0.25, 0.3) is 10.2 Å². The van der Waals surface area contributed by atoms with E-state index in [1.807, 2.05) is 0 Å². The number of phenols is 1. The Morgan fingerprint density at radius 1 is 1.08 bits per heavy atom. The predicted molar refractivity (Wildman–Crippen MR) is 99.7 cm³/mol. The lowest BCUT2D eigenvalue weighted by Gasteiger charge is -2.06. The van der Waals surface area contributed by atoms with E-state index >= 15 is 0 Å². The molecule has 0 saturated carbocycles. The fourth-order valence-electron chi connectivity index (χ4n) is 2.10. The Kier molecular flexibility index (Phi) is 4.73. The van der Waals surface area contributed by atoms with Crippen molar-refractivity contribution < 1.29 is 14.7 Å². The van der Waals surface area contributed by atoms with Crippen LogP contribution in [0, 0.1) is 0 Å². The van der Waals surface area contributed by atoms with E-state index in [2.05, 4.69) is 20.9 Å². The molecule has 0 atom stereocenters. The first-order valence-electron chi connectivity index (χ1n) is 7.15. The normalized spacial score (nSPS) is 10.5. The second kappa shape index (κ2) is 6.96. The van der Waals surface area contributed by atoms with Gasteiger partial charge in [0.05, 0.1) is 15.2 Å². The first-order chi connectivity index (χ1) is 11.9. The molecule has 128 valence electrons. The summed E-state index contributed by atoms with van der Waals surface area (Å²) < 4.78 is 0.828. The van der Waals surface area contributed by atoms with Crippen LogP contribution in [-0.4, -0.2) is 22.0 Å². The van der Waals surface area contributed by atoms with Crippen molar-refractivity contribution in [2.24, 2.45) is 0 Å². The van der Waals surface area contributed by atoms with Crippen LogP contribution >= 0.6 is 22.9 Å². The molecule has 0 saturated heterocycles. The minimum Gasteiger partial charge on any atom is -0.506 e. The largest absolute Gasteiger partial charge is 0.506 e. The van der Waals surface area contributed by atoms with Crippen molar-refractivity contribution in [3.05, 3.63) is 41.4 Å². The van der Waals surface area contributed by atoms with Gasteiger partial charge in [0.15, 0.2) is 5.13 Å². The van der Waals surface area contributed by atoms with Gasteiger partial charge in [-0.15, -0.1) is 0 Å². The van der Waals surface area contributed by atoms with Crippen LogP contribution < -0.4 is 16.0 Å². The molecule has 3 amide bonds. The summed E-state index contributed by atoms with van der Waals surface area (Å²) in [7, 11) is 0. The second-order valence-electron chi connectivity index (χ2n) is 5.13. The minimum absolute atomic E-state index is 0.0613. The molecule has 0 aliphatic carbocycles. The number of aromatic hydroxyl groups is 1. The summed E-state index contributed by atoms with van der Waals surface area (Å²) in [5.41, 5.74) is 1.81. The van der Waals surface area contributed by atoms with Gasteiger partial charge < -0.3 is 15.7 Å². The highest BCUT2D eigenvalue weighted by Crippen LogP contribution is 2.29. The van der Waals surface area contributed by atoms with E-state index < -0.39 is 6.03 Å². The highest BCUT2D eigenvalue weighted by molar-refractivity contribution is 7.22. The molecule has 0 aliphatic heterocycles. The molecule has 1 aromatic heterocycles. The zero-order chi connectivity index (χ0) is 18.0. The number of carbonyl (C=O) groups excluding carboxylic acids is 2. The number of nitrogens with one attached hydrogen (secondary N) is 3. The van der Waals surface area contributed by atoms with E-state index in [9.17, 15) is 14.7 Å². The molecule has 0 aliphatic rings. The van der Waals surface area contributed by atoms with E-state index in [0.717, 1.165) is 4.70 Å². The summed E-state index contributed by atoms with van der Waals surface area (Å²) in [6.07, 6.45) is 0. The number of hydrogen-bond acceptors (Lipinski definition) is 5. The summed E-state index contributed by atoms with van der Waals surface area (Å²) in [6, 6.07) is 9.16. The Hall–Kier alpha value is -2.84. The van der Waals surface area contributed by atoms with Crippen LogP contribution in [-0.2, 0) is 4.79 Å². The van der Waals surface area contributed by atoms with Gasteiger partial charge in [0.2, 0.25) is 5.91 Å². The number of urea groups is 1. The Bertz CT molecular complexity index is 973. The summed E-state index contributed by atoms with van der Waals surface area (Å²) >= 11 is 7.08. The number of benzene rings is 2. The Morgan fingerprint density at radius 3 is 2.52 bits per heavy atom. The number of fused-ring (bicyclic) bond motifs is 1. The number of phenolic OH excluding ortho intramolecular Hbond substituents is 1. The van der Waals surface area contributed by atoms with Gasteiger partial charge in [0.25, 0.3) is 0 Å². The molecule has 0 fully saturated rings. The number of nitrogens with zero attached hydrogens (tertiary/aromatic N) is 1. The third kappa shape index (κ3) is 4.17. The van der Waals surface area contributed by atoms with Crippen molar-refractivity contribution in [1.29, 1.82) is 0 Å². The van der Waals surface area contributed by atoms with Gasteiger partial charge >= 0.3 is 6.03 Å². The van der Waals surface area contributed by atoms with Gasteiger partial charge in [-0.1, -0.05) is 22.9 Å². The van der Waals surface area contributed by atoms with Crippen LogP contribution in [0.4, 0.5) is 21.3 Å². The number of hydrogen-bond donors (Lipinski definition) is 4. The number of aromatic nitrogens is 1. The molecular weight excluding hydrogens is 364 g/mol. The van der Waals surface area contributed by atoms with Crippen molar-refractivity contribution in [1.82, 2.24) is 4.98 Å². The molecule has 0 bridgehead atoms. The Morgan fingerprint density at radius 2 is 1.80 bits per heavy atom. The van der Waals surface area contributed by atoms with Crippen LogP contribution in [0.15, 0.2) is 36.4 Å². The SMILES string of the molecule is CC(=O)Nc1ccc2nc(NC(=O)Nc3ccc(O)c(Cl)c3)sc2c1. The molecule has 0 spiro atoms. The van der Waals surface area contributed by atoms with Crippen LogP contribution in [0.5, 0.6) is 5.75 Å². The standard InChI is InChI=1S/C16H13ClN4O3S/c1-8(22)18-10-2-4-12-14(7-10)25-16(20-12)21-15(24)19-9-3-5-13(23)11(17)6-9/h2-7,23H,1H3,(H,18,22)(H2,19,20,21,24). The van der Waals surface area contributed by atoms with Crippen molar-refractivity contribution in [3.63, 3.8) is 0 Å². The smallest absolute Gasteiger partial charge is 0.325 e. The highest BCUT2D eigenvalue weighted by Gasteiger charge is 2.10. The molecule has 7 nitrogen and oxygen atoms in total. The Labute approximate surface area is 151 Å². The topological polar surface area (TPSA) is 103 Å². The predicted octanol–water partition coefficient (Wildman–Crippen LogP) is 4.26. The molecule has 1 heterocycles. The van der Waals surface area contributed by atoms with Crippen molar-refractivity contribution >= 4 is 61.6 Å². The zero-order valence-corrected chi connectivity index (χ0v) is 14.5. The van der Waals surface area contributed by atoms with Crippen molar-refractivity contribution in [2.75, 3.05) is 16.0 Å². The van der Waals surface area contributed by atoms with Gasteiger partial charge in [0, 0.05) is 18.3 Å². The maximum atomic E-state index is 12.0. The molecule has 3 rings (SSSR count). The number of anilines is 3. The van der Waals surface area contributed by atoms with E-state index in [1.165, 1.54) is 36.5 Å². The number of halogens is 1. The zero-order valence-electron chi connectivity index (χ0n) is 13.0. The quantitative estimate of drug-likeness (QED) is 0.513. The van der Waals surface area contributed by atoms with Gasteiger partial charge in [-0.3, -0.25) is 10.1 Å². The third-order valence-electron chi connectivity index (χ3n) is 3.13. The molecule has 9 heteroatoms. The van der Waals surface area contributed by atoms with E-state index in [0.29, 0.717) is 22.0 Å².